The summed E-state index contributed by atoms with van der Waals surface area (Å²) >= 11 is 7.57. The molecule has 0 aliphatic heterocycles. The monoisotopic (exact) mass is 445 g/mol. The van der Waals surface area contributed by atoms with Gasteiger partial charge in [0.25, 0.3) is 11.1 Å². The molecule has 9 heteroatoms. The third-order valence-corrected chi connectivity index (χ3v) is 6.51. The minimum absolute atomic E-state index is 0.0144. The first-order valence-electron chi connectivity index (χ1n) is 9.57. The van der Waals surface area contributed by atoms with Crippen molar-refractivity contribution in [3.8, 4) is 11.7 Å². The van der Waals surface area contributed by atoms with E-state index in [0.29, 0.717) is 29.2 Å². The average Bonchev–Trinajstić information content (AvgIpc) is 3.44. The summed E-state index contributed by atoms with van der Waals surface area (Å²) in [5.74, 6) is 0.561. The molecule has 1 atom stereocenters. The Bertz CT molecular complexity index is 1050. The highest BCUT2D eigenvalue weighted by Gasteiger charge is 2.47. The largest absolute Gasteiger partial charge is 0.459 e. The Morgan fingerprint density at radius 1 is 1.23 bits per heavy atom. The standard InChI is InChI=1S/C21H20ClN3O4S/c1-25(18(27)13-30-20-24-23-19(29-20)16-9-6-12-28-16)21(11-5-4-10-17(21)26)14-7-2-3-8-15(14)22/h2-3,6-9,12H,4-5,10-11,13H2,1H3/t21-/m0/s1. The van der Waals surface area contributed by atoms with Gasteiger partial charge in [0, 0.05) is 24.1 Å². The van der Waals surface area contributed by atoms with Crippen molar-refractivity contribution in [1.82, 2.24) is 15.1 Å². The van der Waals surface area contributed by atoms with Crippen LogP contribution in [0.4, 0.5) is 0 Å². The summed E-state index contributed by atoms with van der Waals surface area (Å²) in [6.07, 6.45) is 4.15. The molecule has 1 amide bonds. The Kier molecular flexibility index (Phi) is 5.97. The highest BCUT2D eigenvalue weighted by molar-refractivity contribution is 7.99. The van der Waals surface area contributed by atoms with Gasteiger partial charge in [0.1, 0.15) is 5.54 Å². The van der Waals surface area contributed by atoms with Crippen LogP contribution in [0.2, 0.25) is 5.02 Å². The third kappa shape index (κ3) is 3.77. The number of hydrogen-bond acceptors (Lipinski definition) is 7. The minimum Gasteiger partial charge on any atom is -0.459 e. The van der Waals surface area contributed by atoms with E-state index < -0.39 is 5.54 Å². The zero-order valence-electron chi connectivity index (χ0n) is 16.3. The van der Waals surface area contributed by atoms with Gasteiger partial charge in [0.2, 0.25) is 5.91 Å². The highest BCUT2D eigenvalue weighted by Crippen LogP contribution is 2.42. The number of carbonyl (C=O) groups is 2. The van der Waals surface area contributed by atoms with E-state index in [0.717, 1.165) is 24.6 Å². The number of likely N-dealkylation sites (N-methyl/N-ethyl adjacent to an activating group) is 1. The lowest BCUT2D eigenvalue weighted by atomic mass is 9.74. The lowest BCUT2D eigenvalue weighted by Crippen LogP contribution is -2.54. The number of halogens is 1. The summed E-state index contributed by atoms with van der Waals surface area (Å²) in [6, 6.07) is 10.7. The number of ketones is 1. The number of hydrogen-bond donors (Lipinski definition) is 0. The van der Waals surface area contributed by atoms with E-state index in [1.165, 1.54) is 11.2 Å². The van der Waals surface area contributed by atoms with Gasteiger partial charge in [-0.15, -0.1) is 10.2 Å². The number of furan rings is 1. The molecule has 2 heterocycles. The van der Waals surface area contributed by atoms with Gasteiger partial charge < -0.3 is 13.7 Å². The maximum Gasteiger partial charge on any atom is 0.284 e. The van der Waals surface area contributed by atoms with E-state index in [2.05, 4.69) is 10.2 Å². The molecule has 1 saturated carbocycles. The molecule has 0 spiro atoms. The highest BCUT2D eigenvalue weighted by atomic mass is 35.5. The topological polar surface area (TPSA) is 89.4 Å². The summed E-state index contributed by atoms with van der Waals surface area (Å²) < 4.78 is 10.8. The maximum atomic E-state index is 13.1. The molecule has 0 radical (unpaired) electrons. The van der Waals surface area contributed by atoms with Crippen LogP contribution in [-0.2, 0) is 15.1 Å². The Balaban J connectivity index is 1.53. The van der Waals surface area contributed by atoms with Gasteiger partial charge in [-0.1, -0.05) is 41.6 Å². The van der Waals surface area contributed by atoms with Gasteiger partial charge in [-0.3, -0.25) is 9.59 Å². The first-order valence-corrected chi connectivity index (χ1v) is 10.9. The average molecular weight is 446 g/mol. The molecule has 2 aromatic heterocycles. The smallest absolute Gasteiger partial charge is 0.284 e. The maximum absolute atomic E-state index is 13.1. The fraction of sp³-hybridized carbons (Fsp3) is 0.333. The SMILES string of the molecule is CN(C(=O)CSc1nnc(-c2ccco2)o1)[C@]1(c2ccccc2Cl)CCCCC1=O. The fourth-order valence-corrected chi connectivity index (χ4v) is 4.80. The van der Waals surface area contributed by atoms with Crippen molar-refractivity contribution in [3.05, 3.63) is 53.2 Å². The lowest BCUT2D eigenvalue weighted by Gasteiger charge is -2.44. The molecule has 1 aliphatic rings. The number of carbonyl (C=O) groups excluding carboxylic acids is 2. The normalized spacial score (nSPS) is 19.1. The van der Waals surface area contributed by atoms with E-state index >= 15 is 0 Å². The van der Waals surface area contributed by atoms with Gasteiger partial charge in [0.05, 0.1) is 12.0 Å². The molecule has 0 bridgehead atoms. The lowest BCUT2D eigenvalue weighted by molar-refractivity contribution is -0.146. The molecule has 3 aromatic rings. The van der Waals surface area contributed by atoms with E-state index in [4.69, 9.17) is 20.4 Å². The second-order valence-corrected chi connectivity index (χ2v) is 8.40. The second-order valence-electron chi connectivity index (χ2n) is 7.06. The van der Waals surface area contributed by atoms with Crippen molar-refractivity contribution in [2.24, 2.45) is 0 Å². The van der Waals surface area contributed by atoms with Crippen molar-refractivity contribution >= 4 is 35.1 Å². The van der Waals surface area contributed by atoms with Crippen LogP contribution in [0.15, 0.2) is 56.7 Å². The second kappa shape index (κ2) is 8.65. The Morgan fingerprint density at radius 2 is 2.07 bits per heavy atom. The summed E-state index contributed by atoms with van der Waals surface area (Å²) in [7, 11) is 1.66. The molecule has 1 fully saturated rings. The molecule has 1 aromatic carbocycles. The van der Waals surface area contributed by atoms with Crippen molar-refractivity contribution in [2.75, 3.05) is 12.8 Å². The molecule has 30 heavy (non-hydrogen) atoms. The van der Waals surface area contributed by atoms with Gasteiger partial charge >= 0.3 is 0 Å². The van der Waals surface area contributed by atoms with Crippen molar-refractivity contribution in [3.63, 3.8) is 0 Å². The van der Waals surface area contributed by atoms with E-state index in [1.807, 2.05) is 18.2 Å². The van der Waals surface area contributed by atoms with Crippen molar-refractivity contribution < 1.29 is 18.4 Å². The van der Waals surface area contributed by atoms with Crippen LogP contribution in [0.1, 0.15) is 31.2 Å². The molecule has 1 aliphatic carbocycles. The number of benzene rings is 1. The summed E-state index contributed by atoms with van der Waals surface area (Å²) in [5.41, 5.74) is -0.377. The first kappa shape index (κ1) is 20.7. The van der Waals surface area contributed by atoms with Crippen LogP contribution in [0.25, 0.3) is 11.7 Å². The Morgan fingerprint density at radius 3 is 2.80 bits per heavy atom. The Hall–Kier alpha value is -2.58. The zero-order chi connectivity index (χ0) is 21.1. The van der Waals surface area contributed by atoms with Crippen LogP contribution < -0.4 is 0 Å². The minimum atomic E-state index is -1.05. The van der Waals surface area contributed by atoms with Gasteiger partial charge in [0.15, 0.2) is 11.5 Å². The van der Waals surface area contributed by atoms with E-state index in [1.54, 1.807) is 25.2 Å². The van der Waals surface area contributed by atoms with Crippen LogP contribution >= 0.6 is 23.4 Å². The molecule has 0 saturated heterocycles. The number of rotatable bonds is 6. The first-order chi connectivity index (χ1) is 14.5. The number of amides is 1. The number of aromatic nitrogens is 2. The van der Waals surface area contributed by atoms with Crippen LogP contribution in [0, 0.1) is 0 Å². The van der Waals surface area contributed by atoms with Crippen molar-refractivity contribution in [1.29, 1.82) is 0 Å². The molecule has 0 unspecified atom stereocenters. The van der Waals surface area contributed by atoms with Crippen LogP contribution in [-0.4, -0.2) is 39.6 Å². The molecular formula is C21H20ClN3O4S. The van der Waals surface area contributed by atoms with E-state index in [9.17, 15) is 9.59 Å². The fourth-order valence-electron chi connectivity index (χ4n) is 3.83. The van der Waals surface area contributed by atoms with Gasteiger partial charge in [-0.2, -0.15) is 0 Å². The number of Topliss-reactive ketones (excluding diaryl/α,β-unsaturated/α-hetero) is 1. The molecule has 4 rings (SSSR count). The zero-order valence-corrected chi connectivity index (χ0v) is 17.9. The van der Waals surface area contributed by atoms with Crippen LogP contribution in [0.3, 0.4) is 0 Å². The number of thioether (sulfide) groups is 1. The third-order valence-electron chi connectivity index (χ3n) is 5.38. The molecule has 7 nitrogen and oxygen atoms in total. The molecular weight excluding hydrogens is 426 g/mol. The summed E-state index contributed by atoms with van der Waals surface area (Å²) in [5, 5.41) is 8.62. The predicted octanol–water partition coefficient (Wildman–Crippen LogP) is 4.57. The molecule has 156 valence electrons. The quantitative estimate of drug-likeness (QED) is 0.513. The summed E-state index contributed by atoms with van der Waals surface area (Å²) in [6.45, 7) is 0. The molecule has 0 N–H and O–H groups in total. The predicted molar refractivity (Wildman–Crippen MR) is 112 cm³/mol. The Labute approximate surface area is 182 Å². The number of nitrogens with zero attached hydrogens (tertiary/aromatic N) is 3. The summed E-state index contributed by atoms with van der Waals surface area (Å²) in [4.78, 5) is 27.7. The van der Waals surface area contributed by atoms with Crippen LogP contribution in [0.5, 0.6) is 0 Å². The van der Waals surface area contributed by atoms with E-state index in [-0.39, 0.29) is 28.6 Å². The van der Waals surface area contributed by atoms with Gasteiger partial charge in [-0.05, 0) is 37.5 Å². The van der Waals surface area contributed by atoms with Gasteiger partial charge in [-0.25, -0.2) is 0 Å². The van der Waals surface area contributed by atoms with Crippen molar-refractivity contribution in [2.45, 2.75) is 36.4 Å².